The molecule has 0 spiro atoms. The number of hydrogen-bond donors (Lipinski definition) is 2. The number of benzene rings is 1. The average Bonchev–Trinajstić information content (AvgIpc) is 3.29. The van der Waals surface area contributed by atoms with Crippen LogP contribution in [0.25, 0.3) is 10.6 Å². The van der Waals surface area contributed by atoms with Gasteiger partial charge in [0.25, 0.3) is 0 Å². The van der Waals surface area contributed by atoms with Gasteiger partial charge in [-0.3, -0.25) is 4.99 Å². The molecule has 0 saturated carbocycles. The zero-order valence-corrected chi connectivity index (χ0v) is 21.0. The van der Waals surface area contributed by atoms with E-state index in [2.05, 4.69) is 58.9 Å². The van der Waals surface area contributed by atoms with Crippen LogP contribution in [0.1, 0.15) is 28.2 Å². The Morgan fingerprint density at radius 3 is 2.55 bits per heavy atom. The van der Waals surface area contributed by atoms with E-state index in [9.17, 15) is 0 Å². The van der Waals surface area contributed by atoms with E-state index in [1.54, 1.807) is 22.7 Å². The van der Waals surface area contributed by atoms with Crippen molar-refractivity contribution in [3.63, 3.8) is 0 Å². The van der Waals surface area contributed by atoms with E-state index in [0.717, 1.165) is 59.8 Å². The Hall–Kier alpha value is -1.52. The number of thiazole rings is 2. The lowest BCUT2D eigenvalue weighted by molar-refractivity contribution is 0.788. The Balaban J connectivity index is 0.00000300. The van der Waals surface area contributed by atoms with E-state index in [0.29, 0.717) is 0 Å². The minimum Gasteiger partial charge on any atom is -0.357 e. The highest BCUT2D eigenvalue weighted by Crippen LogP contribution is 2.23. The van der Waals surface area contributed by atoms with Gasteiger partial charge in [0.05, 0.1) is 16.4 Å². The average molecular weight is 542 g/mol. The molecule has 2 N–H and O–H groups in total. The molecule has 0 aliphatic heterocycles. The number of nitrogens with one attached hydrogen (secondary N) is 2. The molecule has 1 aromatic carbocycles. The van der Waals surface area contributed by atoms with E-state index in [1.165, 1.54) is 10.4 Å². The second kappa shape index (κ2) is 12.2. The molecule has 2 heterocycles. The molecule has 8 heteroatoms. The Bertz CT molecular complexity index is 885. The standard InChI is InChI=1S/C21H27N5S2.HI/c1-4-22-21(24-13-11-19-25-15(2)16(3)28-19)23-12-10-18-14-27-20(26-18)17-8-6-5-7-9-17;/h5-9,14H,4,10-13H2,1-3H3,(H2,22,23,24);1H. The molecular weight excluding hydrogens is 513 g/mol. The normalized spacial score (nSPS) is 11.2. The van der Waals surface area contributed by atoms with Crippen molar-refractivity contribution in [2.75, 3.05) is 19.6 Å². The molecule has 0 unspecified atom stereocenters. The van der Waals surface area contributed by atoms with Gasteiger partial charge >= 0.3 is 0 Å². The summed E-state index contributed by atoms with van der Waals surface area (Å²) >= 11 is 3.46. The fourth-order valence-corrected chi connectivity index (χ4v) is 4.48. The van der Waals surface area contributed by atoms with Crippen LogP contribution in [0.4, 0.5) is 0 Å². The highest BCUT2D eigenvalue weighted by atomic mass is 127. The first kappa shape index (κ1) is 23.8. The molecule has 29 heavy (non-hydrogen) atoms. The smallest absolute Gasteiger partial charge is 0.191 e. The summed E-state index contributed by atoms with van der Waals surface area (Å²) in [4.78, 5) is 15.3. The maximum Gasteiger partial charge on any atom is 0.191 e. The van der Waals surface area contributed by atoms with Crippen LogP contribution in [0, 0.1) is 13.8 Å². The summed E-state index contributed by atoms with van der Waals surface area (Å²) in [6.07, 6.45) is 1.75. The molecular formula is C21H28IN5S2. The molecule has 3 aromatic rings. The number of aromatic nitrogens is 2. The minimum atomic E-state index is 0. The fraction of sp³-hybridized carbons (Fsp3) is 0.381. The van der Waals surface area contributed by atoms with Gasteiger partial charge < -0.3 is 10.6 Å². The largest absolute Gasteiger partial charge is 0.357 e. The third-order valence-electron chi connectivity index (χ3n) is 4.26. The van der Waals surface area contributed by atoms with Gasteiger partial charge in [0.1, 0.15) is 5.01 Å². The monoisotopic (exact) mass is 541 g/mol. The van der Waals surface area contributed by atoms with Crippen LogP contribution in [0.3, 0.4) is 0 Å². The summed E-state index contributed by atoms with van der Waals surface area (Å²) < 4.78 is 0. The Morgan fingerprint density at radius 1 is 1.07 bits per heavy atom. The van der Waals surface area contributed by atoms with Gasteiger partial charge in [0.15, 0.2) is 5.96 Å². The molecule has 5 nitrogen and oxygen atoms in total. The molecule has 0 saturated heterocycles. The van der Waals surface area contributed by atoms with Gasteiger partial charge in [-0.15, -0.1) is 46.7 Å². The van der Waals surface area contributed by atoms with Gasteiger partial charge in [-0.1, -0.05) is 30.3 Å². The fourth-order valence-electron chi connectivity index (χ4n) is 2.70. The molecule has 0 radical (unpaired) electrons. The summed E-state index contributed by atoms with van der Waals surface area (Å²) in [7, 11) is 0. The molecule has 156 valence electrons. The summed E-state index contributed by atoms with van der Waals surface area (Å²) in [5.41, 5.74) is 3.42. The van der Waals surface area contributed by atoms with Crippen molar-refractivity contribution in [3.8, 4) is 10.6 Å². The summed E-state index contributed by atoms with van der Waals surface area (Å²) in [5.74, 6) is 0.853. The Labute approximate surface area is 198 Å². The molecule has 3 rings (SSSR count). The predicted molar refractivity (Wildman–Crippen MR) is 136 cm³/mol. The number of hydrogen-bond acceptors (Lipinski definition) is 5. The topological polar surface area (TPSA) is 62.2 Å². The number of guanidine groups is 1. The zero-order chi connectivity index (χ0) is 19.8. The molecule has 2 aromatic heterocycles. The van der Waals surface area contributed by atoms with E-state index in [1.807, 2.05) is 18.2 Å². The lowest BCUT2D eigenvalue weighted by Crippen LogP contribution is -2.38. The van der Waals surface area contributed by atoms with Crippen LogP contribution < -0.4 is 10.6 Å². The van der Waals surface area contributed by atoms with Gasteiger partial charge in [0.2, 0.25) is 0 Å². The number of aryl methyl sites for hydroxylation is 2. The van der Waals surface area contributed by atoms with Crippen molar-refractivity contribution in [2.45, 2.75) is 33.6 Å². The SMILES string of the molecule is CCNC(=NCCc1nc(C)c(C)s1)NCCc1csc(-c2ccccc2)n1.I. The number of nitrogens with zero attached hydrogens (tertiary/aromatic N) is 3. The summed E-state index contributed by atoms with van der Waals surface area (Å²) in [5, 5.41) is 11.1. The van der Waals surface area contributed by atoms with Crippen molar-refractivity contribution in [2.24, 2.45) is 4.99 Å². The Morgan fingerprint density at radius 2 is 1.86 bits per heavy atom. The predicted octanol–water partition coefficient (Wildman–Crippen LogP) is 4.84. The molecule has 0 amide bonds. The Kier molecular flexibility index (Phi) is 10.0. The zero-order valence-electron chi connectivity index (χ0n) is 17.1. The van der Waals surface area contributed by atoms with E-state index in [4.69, 9.17) is 4.98 Å². The van der Waals surface area contributed by atoms with Crippen LogP contribution in [0.5, 0.6) is 0 Å². The quantitative estimate of drug-likeness (QED) is 0.244. The van der Waals surface area contributed by atoms with Gasteiger partial charge in [-0.25, -0.2) is 9.97 Å². The molecule has 0 fully saturated rings. The van der Waals surface area contributed by atoms with Crippen molar-refractivity contribution in [1.29, 1.82) is 0 Å². The van der Waals surface area contributed by atoms with Gasteiger partial charge in [-0.2, -0.15) is 0 Å². The van der Waals surface area contributed by atoms with Crippen LogP contribution in [0.2, 0.25) is 0 Å². The highest BCUT2D eigenvalue weighted by molar-refractivity contribution is 14.0. The molecule has 0 atom stereocenters. The maximum absolute atomic E-state index is 4.75. The number of halogens is 1. The van der Waals surface area contributed by atoms with E-state index >= 15 is 0 Å². The minimum absolute atomic E-state index is 0. The van der Waals surface area contributed by atoms with Crippen molar-refractivity contribution in [1.82, 2.24) is 20.6 Å². The van der Waals surface area contributed by atoms with E-state index < -0.39 is 0 Å². The number of rotatable bonds is 8. The molecule has 0 aliphatic carbocycles. The first-order valence-corrected chi connectivity index (χ1v) is 11.3. The second-order valence-electron chi connectivity index (χ2n) is 6.45. The first-order valence-electron chi connectivity index (χ1n) is 9.60. The molecule has 0 aliphatic rings. The highest BCUT2D eigenvalue weighted by Gasteiger charge is 2.06. The van der Waals surface area contributed by atoms with Crippen molar-refractivity contribution in [3.05, 3.63) is 57.0 Å². The van der Waals surface area contributed by atoms with Gasteiger partial charge in [0, 0.05) is 48.3 Å². The lowest BCUT2D eigenvalue weighted by atomic mass is 10.2. The van der Waals surface area contributed by atoms with E-state index in [-0.39, 0.29) is 24.0 Å². The third kappa shape index (κ3) is 7.35. The van der Waals surface area contributed by atoms with Gasteiger partial charge in [-0.05, 0) is 20.8 Å². The maximum atomic E-state index is 4.75. The van der Waals surface area contributed by atoms with Crippen LogP contribution >= 0.6 is 46.7 Å². The van der Waals surface area contributed by atoms with Crippen LogP contribution in [-0.4, -0.2) is 35.6 Å². The third-order valence-corrected chi connectivity index (χ3v) is 6.33. The van der Waals surface area contributed by atoms with Crippen LogP contribution in [0.15, 0.2) is 40.7 Å². The lowest BCUT2D eigenvalue weighted by Gasteiger charge is -2.10. The van der Waals surface area contributed by atoms with Crippen LogP contribution in [-0.2, 0) is 12.8 Å². The molecule has 0 bridgehead atoms. The summed E-state index contributed by atoms with van der Waals surface area (Å²) in [6.45, 7) is 8.64. The van der Waals surface area contributed by atoms with Crippen molar-refractivity contribution < 1.29 is 0 Å². The first-order chi connectivity index (χ1) is 13.7. The number of aliphatic imine (C=N–C) groups is 1. The second-order valence-corrected chi connectivity index (χ2v) is 8.59. The van der Waals surface area contributed by atoms with Crippen molar-refractivity contribution >= 4 is 52.6 Å². The summed E-state index contributed by atoms with van der Waals surface area (Å²) in [6, 6.07) is 10.3.